The third-order valence-electron chi connectivity index (χ3n) is 1.72. The van der Waals surface area contributed by atoms with Crippen molar-refractivity contribution in [2.24, 2.45) is 0 Å². The molecule has 0 fully saturated rings. The van der Waals surface area contributed by atoms with E-state index in [9.17, 15) is 0 Å². The Labute approximate surface area is 90.3 Å². The molecule has 1 rings (SSSR count). The first-order valence-electron chi connectivity index (χ1n) is 4.27. The third kappa shape index (κ3) is 3.53. The van der Waals surface area contributed by atoms with Gasteiger partial charge in [-0.15, -0.1) is 12.6 Å². The monoisotopic (exact) mass is 214 g/mol. The van der Waals surface area contributed by atoms with Crippen molar-refractivity contribution in [3.05, 3.63) is 23.8 Å². The number of rotatable bonds is 4. The summed E-state index contributed by atoms with van der Waals surface area (Å²) < 4.78 is 5.55. The van der Waals surface area contributed by atoms with Crippen molar-refractivity contribution in [1.29, 1.82) is 0 Å². The van der Waals surface area contributed by atoms with Crippen molar-refractivity contribution in [2.75, 3.05) is 12.4 Å². The lowest BCUT2D eigenvalue weighted by Crippen LogP contribution is -1.99. The minimum Gasteiger partial charge on any atom is -0.493 e. The van der Waals surface area contributed by atoms with Crippen LogP contribution >= 0.6 is 25.3 Å². The van der Waals surface area contributed by atoms with Crippen molar-refractivity contribution in [2.45, 2.75) is 18.2 Å². The molecule has 0 atom stereocenters. The number of thiol groups is 2. The maximum absolute atomic E-state index is 5.55. The Bertz CT molecular complexity index is 274. The molecule has 1 nitrogen and oxygen atoms in total. The first-order valence-corrected chi connectivity index (χ1v) is 5.35. The fourth-order valence-corrected chi connectivity index (χ4v) is 1.44. The van der Waals surface area contributed by atoms with E-state index in [1.165, 1.54) is 0 Å². The molecule has 72 valence electrons. The van der Waals surface area contributed by atoms with E-state index in [-0.39, 0.29) is 0 Å². The third-order valence-corrected chi connectivity index (χ3v) is 2.31. The van der Waals surface area contributed by atoms with Gasteiger partial charge in [0.25, 0.3) is 0 Å². The summed E-state index contributed by atoms with van der Waals surface area (Å²) in [7, 11) is 0. The number of hydrogen-bond donors (Lipinski definition) is 2. The van der Waals surface area contributed by atoms with Crippen molar-refractivity contribution < 1.29 is 4.74 Å². The molecule has 0 radical (unpaired) electrons. The summed E-state index contributed by atoms with van der Waals surface area (Å²) >= 11 is 8.36. The highest BCUT2D eigenvalue weighted by Gasteiger charge is 1.98. The molecule has 13 heavy (non-hydrogen) atoms. The zero-order valence-electron chi connectivity index (χ0n) is 7.66. The van der Waals surface area contributed by atoms with E-state index in [0.29, 0.717) is 0 Å². The van der Waals surface area contributed by atoms with Gasteiger partial charge in [0.2, 0.25) is 0 Å². The molecule has 0 unspecified atom stereocenters. The van der Waals surface area contributed by atoms with E-state index >= 15 is 0 Å². The maximum atomic E-state index is 5.55. The molecule has 0 spiro atoms. The molecule has 0 N–H and O–H groups in total. The van der Waals surface area contributed by atoms with Gasteiger partial charge >= 0.3 is 0 Å². The Balaban J connectivity index is 2.56. The fraction of sp³-hybridized carbons (Fsp3) is 0.400. The van der Waals surface area contributed by atoms with E-state index in [0.717, 1.165) is 35.0 Å². The number of aryl methyl sites for hydroxylation is 1. The molecule has 0 amide bonds. The molecule has 1 aromatic rings. The standard InChI is InChI=1S/C10H14OS2/c1-8-7-9(13)3-4-10(8)11-5-2-6-12/h3-4,7,12-13H,2,5-6H2,1H3. The van der Waals surface area contributed by atoms with Crippen LogP contribution in [0.1, 0.15) is 12.0 Å². The van der Waals surface area contributed by atoms with Crippen LogP contribution in [-0.4, -0.2) is 12.4 Å². The Morgan fingerprint density at radius 3 is 2.77 bits per heavy atom. The van der Waals surface area contributed by atoms with Crippen LogP contribution in [0.2, 0.25) is 0 Å². The summed E-state index contributed by atoms with van der Waals surface area (Å²) in [6.45, 7) is 2.76. The molecule has 1 aromatic carbocycles. The molecular weight excluding hydrogens is 200 g/mol. The average Bonchev–Trinajstić information content (AvgIpc) is 2.09. The normalized spacial score (nSPS) is 10.1. The van der Waals surface area contributed by atoms with Crippen molar-refractivity contribution in [1.82, 2.24) is 0 Å². The number of ether oxygens (including phenoxy) is 1. The predicted molar refractivity (Wildman–Crippen MR) is 62.4 cm³/mol. The molecule has 0 heterocycles. The average molecular weight is 214 g/mol. The van der Waals surface area contributed by atoms with Crippen LogP contribution in [0, 0.1) is 6.92 Å². The second-order valence-corrected chi connectivity index (χ2v) is 3.84. The Hall–Kier alpha value is -0.280. The molecule has 0 aliphatic rings. The largest absolute Gasteiger partial charge is 0.493 e. The first kappa shape index (κ1) is 10.8. The van der Waals surface area contributed by atoms with E-state index in [1.54, 1.807) is 0 Å². The lowest BCUT2D eigenvalue weighted by Gasteiger charge is -2.08. The van der Waals surface area contributed by atoms with Crippen LogP contribution < -0.4 is 4.74 Å². The van der Waals surface area contributed by atoms with E-state index in [4.69, 9.17) is 4.74 Å². The molecule has 0 aliphatic carbocycles. The molecule has 0 saturated carbocycles. The Morgan fingerprint density at radius 2 is 2.15 bits per heavy atom. The van der Waals surface area contributed by atoms with Crippen molar-refractivity contribution >= 4 is 25.3 Å². The molecule has 0 bridgehead atoms. The van der Waals surface area contributed by atoms with Crippen LogP contribution in [0.25, 0.3) is 0 Å². The van der Waals surface area contributed by atoms with Gasteiger partial charge in [-0.05, 0) is 42.9 Å². The predicted octanol–water partition coefficient (Wildman–Crippen LogP) is 2.98. The van der Waals surface area contributed by atoms with Crippen LogP contribution in [0.3, 0.4) is 0 Å². The highest BCUT2D eigenvalue weighted by molar-refractivity contribution is 7.80. The summed E-state index contributed by atoms with van der Waals surface area (Å²) in [4.78, 5) is 0.971. The summed E-state index contributed by atoms with van der Waals surface area (Å²) in [5.41, 5.74) is 1.13. The van der Waals surface area contributed by atoms with Gasteiger partial charge in [0.05, 0.1) is 6.61 Å². The summed E-state index contributed by atoms with van der Waals surface area (Å²) in [6, 6.07) is 5.89. The molecule has 0 saturated heterocycles. The molecule has 3 heteroatoms. The van der Waals surface area contributed by atoms with Crippen LogP contribution in [0.5, 0.6) is 5.75 Å². The lowest BCUT2D eigenvalue weighted by molar-refractivity contribution is 0.316. The van der Waals surface area contributed by atoms with E-state index in [1.807, 2.05) is 25.1 Å². The minimum absolute atomic E-state index is 0.732. The Kier molecular flexibility index (Phi) is 4.53. The summed E-state index contributed by atoms with van der Waals surface area (Å²) in [5, 5.41) is 0. The van der Waals surface area contributed by atoms with Gasteiger partial charge in [0, 0.05) is 4.90 Å². The maximum Gasteiger partial charge on any atom is 0.122 e. The van der Waals surface area contributed by atoms with Crippen LogP contribution in [0.15, 0.2) is 23.1 Å². The Morgan fingerprint density at radius 1 is 1.38 bits per heavy atom. The second-order valence-electron chi connectivity index (χ2n) is 2.88. The van der Waals surface area contributed by atoms with Crippen molar-refractivity contribution in [3.8, 4) is 5.75 Å². The van der Waals surface area contributed by atoms with Gasteiger partial charge in [0.15, 0.2) is 0 Å². The molecule has 0 aliphatic heterocycles. The second kappa shape index (κ2) is 5.45. The summed E-state index contributed by atoms with van der Waals surface area (Å²) in [6.07, 6.45) is 0.977. The van der Waals surface area contributed by atoms with Gasteiger partial charge in [-0.1, -0.05) is 0 Å². The zero-order valence-corrected chi connectivity index (χ0v) is 9.44. The van der Waals surface area contributed by atoms with E-state index < -0.39 is 0 Å². The lowest BCUT2D eigenvalue weighted by atomic mass is 10.2. The number of hydrogen-bond acceptors (Lipinski definition) is 3. The number of benzene rings is 1. The molecular formula is C10H14OS2. The SMILES string of the molecule is Cc1cc(S)ccc1OCCCS. The minimum atomic E-state index is 0.732. The van der Waals surface area contributed by atoms with Gasteiger partial charge in [0.1, 0.15) is 5.75 Å². The molecule has 0 aromatic heterocycles. The smallest absolute Gasteiger partial charge is 0.122 e. The van der Waals surface area contributed by atoms with Gasteiger partial charge in [-0.2, -0.15) is 12.6 Å². The van der Waals surface area contributed by atoms with Crippen molar-refractivity contribution in [3.63, 3.8) is 0 Å². The summed E-state index contributed by atoms with van der Waals surface area (Å²) in [5.74, 6) is 1.81. The van der Waals surface area contributed by atoms with Crippen LogP contribution in [-0.2, 0) is 0 Å². The zero-order chi connectivity index (χ0) is 9.68. The fourth-order valence-electron chi connectivity index (χ4n) is 1.04. The first-order chi connectivity index (χ1) is 6.24. The van der Waals surface area contributed by atoms with Gasteiger partial charge in [-0.3, -0.25) is 0 Å². The highest BCUT2D eigenvalue weighted by Crippen LogP contribution is 2.20. The quantitative estimate of drug-likeness (QED) is 0.579. The highest BCUT2D eigenvalue weighted by atomic mass is 32.1. The van der Waals surface area contributed by atoms with Gasteiger partial charge in [-0.25, -0.2) is 0 Å². The van der Waals surface area contributed by atoms with Gasteiger partial charge < -0.3 is 4.74 Å². The topological polar surface area (TPSA) is 9.23 Å². The van der Waals surface area contributed by atoms with E-state index in [2.05, 4.69) is 25.3 Å². The van der Waals surface area contributed by atoms with Crippen LogP contribution in [0.4, 0.5) is 0 Å².